The number of imidazole rings is 1. The van der Waals surface area contributed by atoms with Crippen molar-refractivity contribution in [1.82, 2.24) is 24.8 Å². The van der Waals surface area contributed by atoms with Crippen LogP contribution in [-0.2, 0) is 4.74 Å². The summed E-state index contributed by atoms with van der Waals surface area (Å²) in [6.07, 6.45) is 2.14. The summed E-state index contributed by atoms with van der Waals surface area (Å²) in [5.74, 6) is 0.277. The highest BCUT2D eigenvalue weighted by molar-refractivity contribution is 5.81. The third-order valence-corrected chi connectivity index (χ3v) is 4.62. The predicted molar refractivity (Wildman–Crippen MR) is 77.0 cm³/mol. The highest BCUT2D eigenvalue weighted by Gasteiger charge is 2.53. The number of nitrogen functional groups attached to an aromatic ring is 1. The van der Waals surface area contributed by atoms with Crippen LogP contribution in [0.1, 0.15) is 12.5 Å². The number of anilines is 1. The molecule has 118 valence electrons. The molecule has 9 heteroatoms. The normalized spacial score (nSPS) is 35.5. The second kappa shape index (κ2) is 4.85. The molecule has 9 nitrogen and oxygen atoms in total. The highest BCUT2D eigenvalue weighted by atomic mass is 16.5. The fourth-order valence-corrected chi connectivity index (χ4v) is 3.54. The van der Waals surface area contributed by atoms with Gasteiger partial charge in [0.1, 0.15) is 29.7 Å². The molecule has 2 saturated heterocycles. The first-order chi connectivity index (χ1) is 10.6. The van der Waals surface area contributed by atoms with Crippen molar-refractivity contribution >= 4 is 17.0 Å². The van der Waals surface area contributed by atoms with Crippen LogP contribution in [0.15, 0.2) is 12.7 Å². The molecule has 2 aliphatic rings. The van der Waals surface area contributed by atoms with E-state index in [9.17, 15) is 10.2 Å². The first-order valence-electron chi connectivity index (χ1n) is 7.27. The van der Waals surface area contributed by atoms with Crippen LogP contribution in [0.5, 0.6) is 0 Å². The molecule has 4 rings (SSSR count). The van der Waals surface area contributed by atoms with Crippen molar-refractivity contribution in [1.29, 1.82) is 0 Å². The molecule has 2 aromatic rings. The van der Waals surface area contributed by atoms with Crippen LogP contribution in [-0.4, -0.2) is 67.2 Å². The Balaban J connectivity index is 1.85. The van der Waals surface area contributed by atoms with Gasteiger partial charge in [0.25, 0.3) is 0 Å². The smallest absolute Gasteiger partial charge is 0.165 e. The maximum absolute atomic E-state index is 11.2. The lowest BCUT2D eigenvalue weighted by Gasteiger charge is -2.50. The molecule has 4 atom stereocenters. The number of fused-ring (bicyclic) bond motifs is 2. The molecular weight excluding hydrogens is 288 g/mol. The summed E-state index contributed by atoms with van der Waals surface area (Å²) in [6, 6.07) is -0.590. The molecule has 0 radical (unpaired) electrons. The van der Waals surface area contributed by atoms with Crippen molar-refractivity contribution in [3.8, 4) is 0 Å². The summed E-state index contributed by atoms with van der Waals surface area (Å²) >= 11 is 0. The Bertz CT molecular complexity index is 706. The van der Waals surface area contributed by atoms with Crippen LogP contribution in [0.25, 0.3) is 11.2 Å². The summed E-state index contributed by atoms with van der Waals surface area (Å²) in [7, 11) is 0. The van der Waals surface area contributed by atoms with Gasteiger partial charge in [-0.3, -0.25) is 0 Å². The van der Waals surface area contributed by atoms with E-state index in [2.05, 4.69) is 20.3 Å². The van der Waals surface area contributed by atoms with E-state index in [1.54, 1.807) is 10.9 Å². The molecule has 0 amide bonds. The second-order valence-electron chi connectivity index (χ2n) is 5.86. The van der Waals surface area contributed by atoms with Crippen molar-refractivity contribution in [2.24, 2.45) is 0 Å². The van der Waals surface area contributed by atoms with E-state index in [0.717, 1.165) is 0 Å². The first-order valence-corrected chi connectivity index (χ1v) is 7.27. The molecule has 0 aromatic carbocycles. The Hall–Kier alpha value is -1.81. The average Bonchev–Trinajstić information content (AvgIpc) is 2.91. The zero-order valence-electron chi connectivity index (χ0n) is 11.9. The van der Waals surface area contributed by atoms with Crippen LogP contribution >= 0.6 is 0 Å². The first kappa shape index (κ1) is 13.8. The lowest BCUT2D eigenvalue weighted by atomic mass is 9.78. The van der Waals surface area contributed by atoms with E-state index in [1.807, 2.05) is 0 Å². The number of nitrogens with two attached hydrogens (primary N) is 1. The lowest BCUT2D eigenvalue weighted by molar-refractivity contribution is -0.219. The summed E-state index contributed by atoms with van der Waals surface area (Å²) in [5, 5.41) is 24.8. The summed E-state index contributed by atoms with van der Waals surface area (Å²) < 4.78 is 7.30. The molecule has 0 bridgehead atoms. The van der Waals surface area contributed by atoms with E-state index in [0.29, 0.717) is 30.7 Å². The number of nitrogens with zero attached hydrogens (tertiary/aromatic N) is 4. The summed E-state index contributed by atoms with van der Waals surface area (Å²) in [4.78, 5) is 12.4. The lowest BCUT2D eigenvalue weighted by Crippen LogP contribution is -2.65. The van der Waals surface area contributed by atoms with Crippen LogP contribution in [0.3, 0.4) is 0 Å². The van der Waals surface area contributed by atoms with E-state index < -0.39 is 17.7 Å². The third-order valence-electron chi connectivity index (χ3n) is 4.62. The molecule has 0 spiro atoms. The van der Waals surface area contributed by atoms with Gasteiger partial charge in [-0.15, -0.1) is 0 Å². The fraction of sp³-hybridized carbons (Fsp3) is 0.615. The Morgan fingerprint density at radius 1 is 1.41 bits per heavy atom. The Kier molecular flexibility index (Phi) is 3.05. The number of nitrogens with one attached hydrogen (secondary N) is 1. The van der Waals surface area contributed by atoms with Crippen molar-refractivity contribution in [3.63, 3.8) is 0 Å². The van der Waals surface area contributed by atoms with Crippen molar-refractivity contribution < 1.29 is 14.9 Å². The Labute approximate surface area is 126 Å². The second-order valence-corrected chi connectivity index (χ2v) is 5.86. The van der Waals surface area contributed by atoms with Gasteiger partial charge in [-0.1, -0.05) is 0 Å². The number of ether oxygens (including phenoxy) is 1. The molecule has 2 aliphatic heterocycles. The zero-order valence-corrected chi connectivity index (χ0v) is 11.9. The van der Waals surface area contributed by atoms with E-state index in [-0.39, 0.29) is 18.5 Å². The number of aliphatic hydroxyl groups excluding tert-OH is 1. The monoisotopic (exact) mass is 306 g/mol. The maximum Gasteiger partial charge on any atom is 0.165 e. The number of aliphatic hydroxyl groups is 2. The number of aromatic nitrogens is 4. The zero-order chi connectivity index (χ0) is 15.3. The number of rotatable bonds is 1. The summed E-state index contributed by atoms with van der Waals surface area (Å²) in [6.45, 7) is 1.35. The Morgan fingerprint density at radius 3 is 3.14 bits per heavy atom. The van der Waals surface area contributed by atoms with Crippen molar-refractivity contribution in [2.75, 3.05) is 25.4 Å². The predicted octanol–water partition coefficient (Wildman–Crippen LogP) is -1.57. The van der Waals surface area contributed by atoms with Gasteiger partial charge in [-0.2, -0.15) is 0 Å². The van der Waals surface area contributed by atoms with E-state index >= 15 is 0 Å². The third kappa shape index (κ3) is 1.83. The molecule has 4 heterocycles. The molecule has 2 aromatic heterocycles. The van der Waals surface area contributed by atoms with Gasteiger partial charge in [0.2, 0.25) is 0 Å². The van der Waals surface area contributed by atoms with E-state index in [1.165, 1.54) is 6.33 Å². The minimum Gasteiger partial charge on any atom is -0.388 e. The van der Waals surface area contributed by atoms with Gasteiger partial charge in [0.05, 0.1) is 19.0 Å². The molecule has 2 fully saturated rings. The van der Waals surface area contributed by atoms with Gasteiger partial charge in [-0.25, -0.2) is 15.0 Å². The molecule has 0 aliphatic carbocycles. The molecule has 0 unspecified atom stereocenters. The molecule has 5 N–H and O–H groups in total. The fourth-order valence-electron chi connectivity index (χ4n) is 3.54. The van der Waals surface area contributed by atoms with Crippen molar-refractivity contribution in [2.45, 2.75) is 30.3 Å². The molecular formula is C13H18N6O3. The van der Waals surface area contributed by atoms with Crippen LogP contribution in [0, 0.1) is 0 Å². The Morgan fingerprint density at radius 2 is 2.27 bits per heavy atom. The minimum atomic E-state index is -1.18. The topological polar surface area (TPSA) is 131 Å². The number of hydrogen-bond acceptors (Lipinski definition) is 8. The molecule has 0 saturated carbocycles. The van der Waals surface area contributed by atoms with Gasteiger partial charge in [0, 0.05) is 6.54 Å². The summed E-state index contributed by atoms with van der Waals surface area (Å²) in [5.41, 5.74) is 5.60. The number of hydrogen-bond donors (Lipinski definition) is 4. The quantitative estimate of drug-likeness (QED) is 0.497. The van der Waals surface area contributed by atoms with Gasteiger partial charge in [0.15, 0.2) is 11.5 Å². The van der Waals surface area contributed by atoms with Crippen molar-refractivity contribution in [3.05, 3.63) is 12.7 Å². The molecule has 22 heavy (non-hydrogen) atoms. The van der Waals surface area contributed by atoms with E-state index in [4.69, 9.17) is 10.5 Å². The average molecular weight is 306 g/mol. The van der Waals surface area contributed by atoms with Crippen LogP contribution in [0.2, 0.25) is 0 Å². The highest BCUT2D eigenvalue weighted by Crippen LogP contribution is 2.40. The SMILES string of the molecule is Nc1ncnc2c1ncn2[C@H]1[C@H](O)CO[C@@H]2CNCC[C@@]12O. The largest absolute Gasteiger partial charge is 0.388 e. The van der Waals surface area contributed by atoms with Gasteiger partial charge >= 0.3 is 0 Å². The maximum atomic E-state index is 11.2. The van der Waals surface area contributed by atoms with Crippen LogP contribution < -0.4 is 11.1 Å². The minimum absolute atomic E-state index is 0.152. The van der Waals surface area contributed by atoms with Crippen LogP contribution in [0.4, 0.5) is 5.82 Å². The number of piperidine rings is 1. The van der Waals surface area contributed by atoms with Gasteiger partial charge in [-0.05, 0) is 13.0 Å². The standard InChI is InChI=1S/C13H18N6O3/c14-11-9-12(17-5-16-11)19(6-18-9)10-7(20)4-22-8-3-15-2-1-13(8,10)21/h5-8,10,15,20-21H,1-4H2,(H2,14,16,17)/t7-,8-,10+,13+/m1/s1. The van der Waals surface area contributed by atoms with Gasteiger partial charge < -0.3 is 30.6 Å².